The summed E-state index contributed by atoms with van der Waals surface area (Å²) in [5.41, 5.74) is 0.435. The van der Waals surface area contributed by atoms with E-state index in [1.807, 2.05) is 0 Å². The zero-order chi connectivity index (χ0) is 11.6. The van der Waals surface area contributed by atoms with Crippen molar-refractivity contribution in [1.82, 2.24) is 0 Å². The minimum Gasteiger partial charge on any atom is -0.166 e. The molecule has 0 saturated heterocycles. The molecular weight excluding hydrogens is 201 g/mol. The Morgan fingerprint density at radius 3 is 2.33 bits per heavy atom. The summed E-state index contributed by atoms with van der Waals surface area (Å²) < 4.78 is 38.0. The molecular formula is C12H14F3. The molecule has 0 nitrogen and oxygen atoms in total. The summed E-state index contributed by atoms with van der Waals surface area (Å²) >= 11 is 0. The smallest absolute Gasteiger partial charge is 0.166 e. The molecule has 0 amide bonds. The van der Waals surface area contributed by atoms with Gasteiger partial charge in [-0.05, 0) is 36.5 Å². The van der Waals surface area contributed by atoms with Crippen molar-refractivity contribution in [2.45, 2.75) is 32.4 Å². The lowest BCUT2D eigenvalue weighted by atomic mass is 9.96. The van der Waals surface area contributed by atoms with Crippen molar-refractivity contribution in [3.05, 3.63) is 41.8 Å². The van der Waals surface area contributed by atoms with E-state index in [0.717, 1.165) is 0 Å². The van der Waals surface area contributed by atoms with Crippen LogP contribution in [0.5, 0.6) is 0 Å². The molecule has 1 atom stereocenters. The Balaban J connectivity index is 3.26. The molecule has 15 heavy (non-hydrogen) atoms. The fourth-order valence-electron chi connectivity index (χ4n) is 1.47. The number of hydrogen-bond acceptors (Lipinski definition) is 0. The number of rotatable bonds is 2. The summed E-state index contributed by atoms with van der Waals surface area (Å²) in [7, 11) is 0. The maximum atomic E-state index is 12.7. The highest BCUT2D eigenvalue weighted by Gasteiger charge is 2.33. The van der Waals surface area contributed by atoms with E-state index in [1.165, 1.54) is 6.07 Å². The lowest BCUT2D eigenvalue weighted by Gasteiger charge is -2.14. The van der Waals surface area contributed by atoms with Gasteiger partial charge in [0, 0.05) is 0 Å². The topological polar surface area (TPSA) is 0 Å². The Kier molecular flexibility index (Phi) is 3.42. The zero-order valence-corrected chi connectivity index (χ0v) is 8.86. The third kappa shape index (κ3) is 2.74. The molecule has 1 rings (SSSR count). The van der Waals surface area contributed by atoms with Crippen molar-refractivity contribution in [3.63, 3.8) is 0 Å². The fourth-order valence-corrected chi connectivity index (χ4v) is 1.47. The van der Waals surface area contributed by atoms with Gasteiger partial charge in [0.1, 0.15) is 0 Å². The van der Waals surface area contributed by atoms with Gasteiger partial charge in [0.05, 0.1) is 5.56 Å². The van der Waals surface area contributed by atoms with Crippen LogP contribution in [-0.4, -0.2) is 0 Å². The average Bonchev–Trinajstić information content (AvgIpc) is 2.15. The Morgan fingerprint density at radius 2 is 1.93 bits per heavy atom. The number of halogens is 3. The van der Waals surface area contributed by atoms with Crippen LogP contribution in [-0.2, 0) is 12.6 Å². The average molecular weight is 215 g/mol. The fraction of sp³-hybridized carbons (Fsp3) is 0.417. The molecule has 0 aliphatic heterocycles. The van der Waals surface area contributed by atoms with Crippen LogP contribution in [0.1, 0.15) is 36.5 Å². The highest BCUT2D eigenvalue weighted by molar-refractivity contribution is 5.35. The van der Waals surface area contributed by atoms with E-state index in [4.69, 9.17) is 0 Å². The minimum atomic E-state index is -4.27. The molecule has 0 aliphatic carbocycles. The molecule has 1 aromatic carbocycles. The van der Waals surface area contributed by atoms with Crippen molar-refractivity contribution in [1.29, 1.82) is 0 Å². The van der Waals surface area contributed by atoms with Gasteiger partial charge in [-0.2, -0.15) is 13.2 Å². The first-order chi connectivity index (χ1) is 6.86. The summed E-state index contributed by atoms with van der Waals surface area (Å²) in [6.07, 6.45) is -3.88. The van der Waals surface area contributed by atoms with Gasteiger partial charge in [0.2, 0.25) is 0 Å². The van der Waals surface area contributed by atoms with Gasteiger partial charge in [-0.1, -0.05) is 26.0 Å². The van der Waals surface area contributed by atoms with E-state index in [0.29, 0.717) is 17.5 Å². The first-order valence-corrected chi connectivity index (χ1v) is 4.89. The van der Waals surface area contributed by atoms with E-state index >= 15 is 0 Å². The highest BCUT2D eigenvalue weighted by Crippen LogP contribution is 2.34. The molecule has 3 heteroatoms. The van der Waals surface area contributed by atoms with Crippen molar-refractivity contribution >= 4 is 0 Å². The van der Waals surface area contributed by atoms with Gasteiger partial charge >= 0.3 is 6.18 Å². The van der Waals surface area contributed by atoms with Crippen molar-refractivity contribution in [2.75, 3.05) is 0 Å². The summed E-state index contributed by atoms with van der Waals surface area (Å²) in [5, 5.41) is 0. The first kappa shape index (κ1) is 12.1. The van der Waals surface area contributed by atoms with Gasteiger partial charge in [0.25, 0.3) is 0 Å². The molecule has 0 N–H and O–H groups in total. The van der Waals surface area contributed by atoms with E-state index < -0.39 is 11.7 Å². The maximum absolute atomic E-state index is 12.7. The molecule has 0 saturated carbocycles. The van der Waals surface area contributed by atoms with Gasteiger partial charge in [-0.25, -0.2) is 0 Å². The standard InChI is InChI=1S/C12H14F3/c1-4-9-5-6-10(8(2)3)7-11(9)12(13,14)15/h5-8H,2,4H2,1,3H3. The summed E-state index contributed by atoms with van der Waals surface area (Å²) in [4.78, 5) is 0. The van der Waals surface area contributed by atoms with Crippen LogP contribution in [0.3, 0.4) is 0 Å². The molecule has 1 aromatic rings. The molecule has 0 bridgehead atoms. The maximum Gasteiger partial charge on any atom is 0.416 e. The van der Waals surface area contributed by atoms with Gasteiger partial charge in [-0.3, -0.25) is 0 Å². The van der Waals surface area contributed by atoms with E-state index in [2.05, 4.69) is 6.92 Å². The number of aryl methyl sites for hydroxylation is 1. The third-order valence-electron chi connectivity index (χ3n) is 2.39. The number of alkyl halides is 3. The Labute approximate surface area is 88.1 Å². The molecule has 0 aliphatic rings. The first-order valence-electron chi connectivity index (χ1n) is 4.89. The quantitative estimate of drug-likeness (QED) is 0.693. The second-order valence-electron chi connectivity index (χ2n) is 3.67. The second-order valence-corrected chi connectivity index (χ2v) is 3.67. The van der Waals surface area contributed by atoms with Crippen LogP contribution < -0.4 is 0 Å². The molecule has 83 valence electrons. The SMILES string of the molecule is [CH2]C(C)c1ccc(CC)c(C(F)(F)F)c1. The van der Waals surface area contributed by atoms with Gasteiger partial charge < -0.3 is 0 Å². The molecule has 0 heterocycles. The van der Waals surface area contributed by atoms with Crippen LogP contribution in [0.25, 0.3) is 0 Å². The lowest BCUT2D eigenvalue weighted by Crippen LogP contribution is -2.09. The van der Waals surface area contributed by atoms with Crippen molar-refractivity contribution < 1.29 is 13.2 Å². The van der Waals surface area contributed by atoms with Crippen molar-refractivity contribution in [3.8, 4) is 0 Å². The molecule has 1 radical (unpaired) electrons. The van der Waals surface area contributed by atoms with Crippen LogP contribution >= 0.6 is 0 Å². The highest BCUT2D eigenvalue weighted by atomic mass is 19.4. The van der Waals surface area contributed by atoms with Crippen LogP contribution in [0.15, 0.2) is 18.2 Å². The number of benzene rings is 1. The van der Waals surface area contributed by atoms with E-state index in [9.17, 15) is 13.2 Å². The predicted molar refractivity (Wildman–Crippen MR) is 54.6 cm³/mol. The normalized spacial score (nSPS) is 12.2. The second kappa shape index (κ2) is 4.25. The Bertz CT molecular complexity index is 337. The molecule has 1 unspecified atom stereocenters. The van der Waals surface area contributed by atoms with Crippen molar-refractivity contribution in [2.24, 2.45) is 0 Å². The van der Waals surface area contributed by atoms with E-state index in [-0.39, 0.29) is 5.92 Å². The predicted octanol–water partition coefficient (Wildman–Crippen LogP) is 4.21. The summed E-state index contributed by atoms with van der Waals surface area (Å²) in [6.45, 7) is 7.22. The van der Waals surface area contributed by atoms with Crippen LogP contribution in [0.2, 0.25) is 0 Å². The third-order valence-corrected chi connectivity index (χ3v) is 2.39. The minimum absolute atomic E-state index is 0.128. The van der Waals surface area contributed by atoms with Crippen LogP contribution in [0.4, 0.5) is 13.2 Å². The zero-order valence-electron chi connectivity index (χ0n) is 8.86. The van der Waals surface area contributed by atoms with Gasteiger partial charge in [0.15, 0.2) is 0 Å². The molecule has 0 fully saturated rings. The van der Waals surface area contributed by atoms with Gasteiger partial charge in [-0.15, -0.1) is 0 Å². The van der Waals surface area contributed by atoms with Crippen LogP contribution in [0, 0.1) is 6.92 Å². The Morgan fingerprint density at radius 1 is 1.33 bits per heavy atom. The Hall–Kier alpha value is -0.990. The summed E-state index contributed by atoms with van der Waals surface area (Å²) in [6, 6.07) is 4.46. The monoisotopic (exact) mass is 215 g/mol. The molecule has 0 spiro atoms. The van der Waals surface area contributed by atoms with E-state index in [1.54, 1.807) is 26.0 Å². The lowest BCUT2D eigenvalue weighted by molar-refractivity contribution is -0.138. The summed E-state index contributed by atoms with van der Waals surface area (Å²) in [5.74, 6) is -0.128. The largest absolute Gasteiger partial charge is 0.416 e. The number of hydrogen-bond donors (Lipinski definition) is 0. The molecule has 0 aromatic heterocycles.